The highest BCUT2D eigenvalue weighted by molar-refractivity contribution is 9.10. The fourth-order valence-corrected chi connectivity index (χ4v) is 4.91. The zero-order chi connectivity index (χ0) is 18.9. The minimum atomic E-state index is 0.562. The summed E-state index contributed by atoms with van der Waals surface area (Å²) in [6, 6.07) is 14.6. The van der Waals surface area contributed by atoms with E-state index >= 15 is 0 Å². The van der Waals surface area contributed by atoms with Crippen LogP contribution in [0.15, 0.2) is 52.1 Å². The molecule has 1 saturated carbocycles. The molecule has 7 heteroatoms. The Hall–Kier alpha value is -1.99. The minimum Gasteiger partial charge on any atom is -0.486 e. The quantitative estimate of drug-likeness (QED) is 0.485. The molecule has 0 bridgehead atoms. The second-order valence-corrected chi connectivity index (χ2v) is 8.86. The molecule has 0 spiro atoms. The summed E-state index contributed by atoms with van der Waals surface area (Å²) < 4.78 is 14.7. The van der Waals surface area contributed by atoms with Crippen molar-refractivity contribution in [1.82, 2.24) is 14.8 Å². The summed E-state index contributed by atoms with van der Waals surface area (Å²) in [5.74, 6) is 4.08. The first-order chi connectivity index (χ1) is 13.8. The number of hydrogen-bond donors (Lipinski definition) is 0. The van der Waals surface area contributed by atoms with Crippen molar-refractivity contribution in [3.8, 4) is 11.5 Å². The molecule has 2 heterocycles. The summed E-state index contributed by atoms with van der Waals surface area (Å²) in [5, 5.41) is 9.99. The van der Waals surface area contributed by atoms with Crippen molar-refractivity contribution in [1.29, 1.82) is 0 Å². The number of benzene rings is 2. The standard InChI is InChI=1S/C21H20BrN3O2S/c22-17-11-19-18(26-8-9-27-19)10-16(17)13-28-21-24-23-20(15-6-7-15)25(21)12-14-4-2-1-3-5-14/h1-5,10-11,15H,6-9,12-13H2. The molecule has 0 N–H and O–H groups in total. The number of rotatable bonds is 6. The number of fused-ring (bicyclic) bond motifs is 1. The zero-order valence-corrected chi connectivity index (χ0v) is 17.7. The molecule has 2 aromatic carbocycles. The van der Waals surface area contributed by atoms with Crippen LogP contribution in [0.3, 0.4) is 0 Å². The van der Waals surface area contributed by atoms with E-state index in [2.05, 4.69) is 61.0 Å². The molecule has 0 radical (unpaired) electrons. The average Bonchev–Trinajstić information content (AvgIpc) is 3.49. The van der Waals surface area contributed by atoms with Crippen LogP contribution in [0.2, 0.25) is 0 Å². The van der Waals surface area contributed by atoms with Crippen molar-refractivity contribution < 1.29 is 9.47 Å². The van der Waals surface area contributed by atoms with E-state index in [0.29, 0.717) is 19.1 Å². The van der Waals surface area contributed by atoms with Gasteiger partial charge in [0.05, 0.1) is 6.54 Å². The molecule has 5 nitrogen and oxygen atoms in total. The van der Waals surface area contributed by atoms with Gasteiger partial charge in [0, 0.05) is 16.1 Å². The van der Waals surface area contributed by atoms with Crippen LogP contribution >= 0.6 is 27.7 Å². The van der Waals surface area contributed by atoms with E-state index in [9.17, 15) is 0 Å². The van der Waals surface area contributed by atoms with Crippen molar-refractivity contribution in [2.45, 2.75) is 36.2 Å². The summed E-state index contributed by atoms with van der Waals surface area (Å²) in [6.07, 6.45) is 2.43. The molecule has 0 amide bonds. The molecule has 28 heavy (non-hydrogen) atoms. The second-order valence-electron chi connectivity index (χ2n) is 7.06. The molecule has 1 aromatic heterocycles. The van der Waals surface area contributed by atoms with Gasteiger partial charge in [0.15, 0.2) is 16.7 Å². The Morgan fingerprint density at radius 1 is 1.04 bits per heavy atom. The third-order valence-electron chi connectivity index (χ3n) is 4.94. The molecule has 2 aliphatic rings. The maximum Gasteiger partial charge on any atom is 0.191 e. The van der Waals surface area contributed by atoms with Gasteiger partial charge in [-0.1, -0.05) is 58.0 Å². The normalized spacial score (nSPS) is 15.6. The van der Waals surface area contributed by atoms with E-state index < -0.39 is 0 Å². The van der Waals surface area contributed by atoms with Gasteiger partial charge in [-0.3, -0.25) is 0 Å². The van der Waals surface area contributed by atoms with Gasteiger partial charge in [-0.2, -0.15) is 0 Å². The van der Waals surface area contributed by atoms with Crippen LogP contribution in [0.4, 0.5) is 0 Å². The number of thioether (sulfide) groups is 1. The van der Waals surface area contributed by atoms with Crippen LogP contribution in [-0.4, -0.2) is 28.0 Å². The zero-order valence-electron chi connectivity index (χ0n) is 15.3. The number of nitrogens with zero attached hydrogens (tertiary/aromatic N) is 3. The number of aromatic nitrogens is 3. The first-order valence-electron chi connectivity index (χ1n) is 9.46. The Morgan fingerprint density at radius 3 is 2.54 bits per heavy atom. The summed E-state index contributed by atoms with van der Waals surface area (Å²) >= 11 is 5.38. The monoisotopic (exact) mass is 457 g/mol. The smallest absolute Gasteiger partial charge is 0.191 e. The SMILES string of the molecule is Brc1cc2c(cc1CSc1nnc(C3CC3)n1Cc1ccccc1)OCCO2. The van der Waals surface area contributed by atoms with E-state index in [4.69, 9.17) is 9.47 Å². The summed E-state index contributed by atoms with van der Waals surface area (Å²) in [6.45, 7) is 2.00. The summed E-state index contributed by atoms with van der Waals surface area (Å²) in [7, 11) is 0. The van der Waals surface area contributed by atoms with Gasteiger partial charge in [-0.15, -0.1) is 10.2 Å². The predicted molar refractivity (Wildman–Crippen MR) is 112 cm³/mol. The Labute approximate surface area is 176 Å². The molecular weight excluding hydrogens is 438 g/mol. The number of ether oxygens (including phenoxy) is 2. The van der Waals surface area contributed by atoms with Crippen LogP contribution in [0.5, 0.6) is 11.5 Å². The maximum absolute atomic E-state index is 5.73. The van der Waals surface area contributed by atoms with Gasteiger partial charge in [0.2, 0.25) is 0 Å². The fourth-order valence-electron chi connectivity index (χ4n) is 3.32. The van der Waals surface area contributed by atoms with Crippen LogP contribution in [-0.2, 0) is 12.3 Å². The summed E-state index contributed by atoms with van der Waals surface area (Å²) in [4.78, 5) is 0. The van der Waals surface area contributed by atoms with E-state index in [1.54, 1.807) is 11.8 Å². The van der Waals surface area contributed by atoms with Crippen LogP contribution in [0.25, 0.3) is 0 Å². The Bertz CT molecular complexity index is 989. The lowest BCUT2D eigenvalue weighted by atomic mass is 10.2. The molecule has 5 rings (SSSR count). The van der Waals surface area contributed by atoms with E-state index in [1.165, 1.54) is 18.4 Å². The first kappa shape index (κ1) is 18.1. The van der Waals surface area contributed by atoms with Crippen molar-refractivity contribution in [3.63, 3.8) is 0 Å². The van der Waals surface area contributed by atoms with Crippen LogP contribution in [0.1, 0.15) is 35.7 Å². The Balaban J connectivity index is 1.38. The highest BCUT2D eigenvalue weighted by Gasteiger charge is 2.30. The molecular formula is C21H20BrN3O2S. The fraction of sp³-hybridized carbons (Fsp3) is 0.333. The molecule has 3 aromatic rings. The van der Waals surface area contributed by atoms with Crippen molar-refractivity contribution in [3.05, 3.63) is 63.9 Å². The molecule has 0 atom stereocenters. The van der Waals surface area contributed by atoms with E-state index in [0.717, 1.165) is 44.8 Å². The largest absolute Gasteiger partial charge is 0.486 e. The average molecular weight is 458 g/mol. The molecule has 1 aliphatic heterocycles. The Morgan fingerprint density at radius 2 is 1.79 bits per heavy atom. The highest BCUT2D eigenvalue weighted by Crippen LogP contribution is 2.41. The number of hydrogen-bond acceptors (Lipinski definition) is 5. The van der Waals surface area contributed by atoms with Gasteiger partial charge in [0.25, 0.3) is 0 Å². The van der Waals surface area contributed by atoms with Gasteiger partial charge in [-0.05, 0) is 36.1 Å². The van der Waals surface area contributed by atoms with Crippen molar-refractivity contribution in [2.24, 2.45) is 0 Å². The lowest BCUT2D eigenvalue weighted by molar-refractivity contribution is 0.171. The Kier molecular flexibility index (Phi) is 5.03. The molecule has 144 valence electrons. The number of halogens is 1. The first-order valence-corrected chi connectivity index (χ1v) is 11.2. The lowest BCUT2D eigenvalue weighted by Crippen LogP contribution is -2.15. The van der Waals surface area contributed by atoms with Gasteiger partial charge in [-0.25, -0.2) is 0 Å². The van der Waals surface area contributed by atoms with E-state index in [-0.39, 0.29) is 0 Å². The van der Waals surface area contributed by atoms with Crippen molar-refractivity contribution >= 4 is 27.7 Å². The molecule has 1 fully saturated rings. The van der Waals surface area contributed by atoms with Gasteiger partial charge < -0.3 is 14.0 Å². The highest BCUT2D eigenvalue weighted by atomic mass is 79.9. The molecule has 0 saturated heterocycles. The third kappa shape index (κ3) is 3.78. The maximum atomic E-state index is 5.73. The topological polar surface area (TPSA) is 49.2 Å². The third-order valence-corrected chi connectivity index (χ3v) is 6.69. The van der Waals surface area contributed by atoms with E-state index in [1.807, 2.05) is 12.1 Å². The lowest BCUT2D eigenvalue weighted by Gasteiger charge is -2.19. The predicted octanol–water partition coefficient (Wildman–Crippen LogP) is 5.03. The van der Waals surface area contributed by atoms with Gasteiger partial charge in [0.1, 0.15) is 19.0 Å². The molecule has 0 unspecified atom stereocenters. The van der Waals surface area contributed by atoms with Crippen LogP contribution in [0, 0.1) is 0 Å². The molecule has 1 aliphatic carbocycles. The second kappa shape index (κ2) is 7.79. The minimum absolute atomic E-state index is 0.562. The van der Waals surface area contributed by atoms with Crippen molar-refractivity contribution in [2.75, 3.05) is 13.2 Å². The van der Waals surface area contributed by atoms with Crippen LogP contribution < -0.4 is 9.47 Å². The summed E-state index contributed by atoms with van der Waals surface area (Å²) in [5.41, 5.74) is 2.43. The van der Waals surface area contributed by atoms with Gasteiger partial charge >= 0.3 is 0 Å².